The quantitative estimate of drug-likeness (QED) is 0.652. The van der Waals surface area contributed by atoms with Crippen LogP contribution in [0.2, 0.25) is 0 Å². The smallest absolute Gasteiger partial charge is 0.0910 e. The van der Waals surface area contributed by atoms with Crippen LogP contribution in [0.25, 0.3) is 0 Å². The van der Waals surface area contributed by atoms with E-state index in [9.17, 15) is 0 Å². The Morgan fingerprint density at radius 1 is 1.60 bits per heavy atom. The fourth-order valence-corrected chi connectivity index (χ4v) is 1.84. The Bertz CT molecular complexity index is 203. The summed E-state index contributed by atoms with van der Waals surface area (Å²) in [4.78, 5) is 2.18. The highest BCUT2D eigenvalue weighted by molar-refractivity contribution is 7.14. The maximum absolute atomic E-state index is 8.98. The van der Waals surface area contributed by atoms with Gasteiger partial charge in [-0.15, -0.1) is 11.3 Å². The summed E-state index contributed by atoms with van der Waals surface area (Å²) in [6, 6.07) is 4.11. The van der Waals surface area contributed by atoms with Crippen LogP contribution < -0.4 is 4.90 Å². The maximum Gasteiger partial charge on any atom is 0.0910 e. The Kier molecular flexibility index (Phi) is 1.39. The SMILES string of the molecule is OC1CN(c2cccs2)C1. The Balaban J connectivity index is 2.04. The highest BCUT2D eigenvalue weighted by Crippen LogP contribution is 2.25. The zero-order valence-electron chi connectivity index (χ0n) is 5.53. The van der Waals surface area contributed by atoms with E-state index in [1.165, 1.54) is 5.00 Å². The van der Waals surface area contributed by atoms with E-state index in [0.29, 0.717) is 0 Å². The molecule has 0 atom stereocenters. The number of hydrogen-bond donors (Lipinski definition) is 1. The third kappa shape index (κ3) is 0.914. The molecule has 0 amide bonds. The van der Waals surface area contributed by atoms with E-state index < -0.39 is 0 Å². The van der Waals surface area contributed by atoms with Crippen LogP contribution >= 0.6 is 11.3 Å². The highest BCUT2D eigenvalue weighted by atomic mass is 32.1. The summed E-state index contributed by atoms with van der Waals surface area (Å²) < 4.78 is 0. The average Bonchev–Trinajstić information content (AvgIpc) is 2.31. The van der Waals surface area contributed by atoms with Crippen LogP contribution in [0.5, 0.6) is 0 Å². The third-order valence-corrected chi connectivity index (χ3v) is 2.61. The van der Waals surface area contributed by atoms with Gasteiger partial charge in [0.25, 0.3) is 0 Å². The first-order valence-corrected chi connectivity index (χ1v) is 4.21. The molecule has 1 aliphatic heterocycles. The van der Waals surface area contributed by atoms with Crippen LogP contribution in [0.1, 0.15) is 0 Å². The standard InChI is InChI=1S/C7H9NOS/c9-6-4-8(5-6)7-2-1-3-10-7/h1-3,6,9H,4-5H2. The molecule has 10 heavy (non-hydrogen) atoms. The van der Waals surface area contributed by atoms with Gasteiger partial charge in [-0.25, -0.2) is 0 Å². The van der Waals surface area contributed by atoms with Crippen LogP contribution in [0.15, 0.2) is 17.5 Å². The molecule has 2 rings (SSSR count). The molecule has 0 radical (unpaired) electrons. The monoisotopic (exact) mass is 155 g/mol. The van der Waals surface area contributed by atoms with Gasteiger partial charge in [-0.3, -0.25) is 0 Å². The third-order valence-electron chi connectivity index (χ3n) is 1.68. The van der Waals surface area contributed by atoms with Crippen molar-refractivity contribution in [1.82, 2.24) is 0 Å². The van der Waals surface area contributed by atoms with Gasteiger partial charge in [-0.1, -0.05) is 0 Å². The molecule has 0 aliphatic carbocycles. The minimum atomic E-state index is -0.0953. The van der Waals surface area contributed by atoms with Gasteiger partial charge in [-0.2, -0.15) is 0 Å². The van der Waals surface area contributed by atoms with Crippen LogP contribution in [-0.2, 0) is 0 Å². The van der Waals surface area contributed by atoms with E-state index in [1.807, 2.05) is 6.07 Å². The Hall–Kier alpha value is -0.540. The molecule has 1 aliphatic rings. The van der Waals surface area contributed by atoms with Gasteiger partial charge < -0.3 is 10.0 Å². The first kappa shape index (κ1) is 6.19. The van der Waals surface area contributed by atoms with Crippen molar-refractivity contribution in [2.75, 3.05) is 18.0 Å². The largest absolute Gasteiger partial charge is 0.389 e. The lowest BCUT2D eigenvalue weighted by Gasteiger charge is -2.36. The van der Waals surface area contributed by atoms with E-state index in [0.717, 1.165) is 13.1 Å². The predicted molar refractivity (Wildman–Crippen MR) is 42.5 cm³/mol. The minimum absolute atomic E-state index is 0.0953. The molecular formula is C7H9NOS. The summed E-state index contributed by atoms with van der Waals surface area (Å²) in [5.41, 5.74) is 0. The summed E-state index contributed by atoms with van der Waals surface area (Å²) in [7, 11) is 0. The second kappa shape index (κ2) is 2.25. The van der Waals surface area contributed by atoms with Crippen molar-refractivity contribution < 1.29 is 5.11 Å². The number of aliphatic hydroxyl groups is 1. The summed E-state index contributed by atoms with van der Waals surface area (Å²) in [6.45, 7) is 1.61. The first-order valence-electron chi connectivity index (χ1n) is 3.33. The van der Waals surface area contributed by atoms with Crippen LogP contribution in [0, 0.1) is 0 Å². The molecule has 0 spiro atoms. The van der Waals surface area contributed by atoms with E-state index in [-0.39, 0.29) is 6.10 Å². The second-order valence-corrected chi connectivity index (χ2v) is 3.44. The lowest BCUT2D eigenvalue weighted by molar-refractivity contribution is 0.142. The summed E-state index contributed by atoms with van der Waals surface area (Å²) in [5, 5.41) is 12.3. The number of anilines is 1. The minimum Gasteiger partial charge on any atom is -0.389 e. The number of aliphatic hydroxyl groups excluding tert-OH is 1. The molecule has 1 aromatic rings. The molecule has 0 saturated carbocycles. The number of thiophene rings is 1. The van der Waals surface area contributed by atoms with Gasteiger partial charge in [0.05, 0.1) is 11.1 Å². The Morgan fingerprint density at radius 3 is 2.90 bits per heavy atom. The highest BCUT2D eigenvalue weighted by Gasteiger charge is 2.24. The van der Waals surface area contributed by atoms with Crippen LogP contribution in [0.4, 0.5) is 5.00 Å². The molecule has 54 valence electrons. The number of β-amino-alcohol motifs (C(OH)–C–C–N with tert-alkyl or cyclic N) is 1. The molecular weight excluding hydrogens is 146 g/mol. The molecule has 1 saturated heterocycles. The molecule has 0 bridgehead atoms. The lowest BCUT2D eigenvalue weighted by atomic mass is 10.2. The number of nitrogens with zero attached hydrogens (tertiary/aromatic N) is 1. The zero-order chi connectivity index (χ0) is 6.97. The fourth-order valence-electron chi connectivity index (χ4n) is 1.09. The van der Waals surface area contributed by atoms with Crippen LogP contribution in [0.3, 0.4) is 0 Å². The topological polar surface area (TPSA) is 23.5 Å². The zero-order valence-corrected chi connectivity index (χ0v) is 6.34. The molecule has 2 nitrogen and oxygen atoms in total. The van der Waals surface area contributed by atoms with Crippen molar-refractivity contribution in [2.45, 2.75) is 6.10 Å². The Labute approximate surface area is 63.7 Å². The van der Waals surface area contributed by atoms with Gasteiger partial charge in [0.1, 0.15) is 0 Å². The van der Waals surface area contributed by atoms with Gasteiger partial charge in [0, 0.05) is 13.1 Å². The molecule has 1 N–H and O–H groups in total. The summed E-state index contributed by atoms with van der Waals surface area (Å²) in [6.07, 6.45) is -0.0953. The normalized spacial score (nSPS) is 19.1. The van der Waals surface area contributed by atoms with E-state index >= 15 is 0 Å². The van der Waals surface area contributed by atoms with Crippen molar-refractivity contribution in [3.8, 4) is 0 Å². The van der Waals surface area contributed by atoms with E-state index in [2.05, 4.69) is 16.3 Å². The maximum atomic E-state index is 8.98. The average molecular weight is 155 g/mol. The molecule has 0 unspecified atom stereocenters. The van der Waals surface area contributed by atoms with Gasteiger partial charge >= 0.3 is 0 Å². The van der Waals surface area contributed by atoms with Crippen molar-refractivity contribution in [3.05, 3.63) is 17.5 Å². The lowest BCUT2D eigenvalue weighted by Crippen LogP contribution is -2.50. The molecule has 3 heteroatoms. The van der Waals surface area contributed by atoms with E-state index in [4.69, 9.17) is 5.11 Å². The summed E-state index contributed by atoms with van der Waals surface area (Å²) in [5.74, 6) is 0. The van der Waals surface area contributed by atoms with Crippen molar-refractivity contribution >= 4 is 16.3 Å². The fraction of sp³-hybridized carbons (Fsp3) is 0.429. The van der Waals surface area contributed by atoms with E-state index in [1.54, 1.807) is 11.3 Å². The second-order valence-electron chi connectivity index (χ2n) is 2.51. The molecule has 1 fully saturated rings. The number of hydrogen-bond acceptors (Lipinski definition) is 3. The number of rotatable bonds is 1. The first-order chi connectivity index (χ1) is 4.86. The molecule has 1 aromatic heterocycles. The van der Waals surface area contributed by atoms with Crippen LogP contribution in [-0.4, -0.2) is 24.3 Å². The van der Waals surface area contributed by atoms with Gasteiger partial charge in [-0.05, 0) is 17.5 Å². The molecule has 0 aromatic carbocycles. The molecule has 2 heterocycles. The van der Waals surface area contributed by atoms with Gasteiger partial charge in [0.15, 0.2) is 0 Å². The van der Waals surface area contributed by atoms with Gasteiger partial charge in [0.2, 0.25) is 0 Å². The van der Waals surface area contributed by atoms with Crippen molar-refractivity contribution in [3.63, 3.8) is 0 Å². The van der Waals surface area contributed by atoms with Crippen molar-refractivity contribution in [2.24, 2.45) is 0 Å². The van der Waals surface area contributed by atoms with Crippen molar-refractivity contribution in [1.29, 1.82) is 0 Å². The Morgan fingerprint density at radius 2 is 2.40 bits per heavy atom. The summed E-state index contributed by atoms with van der Waals surface area (Å²) >= 11 is 1.72. The predicted octanol–water partition coefficient (Wildman–Crippen LogP) is 0.929.